The number of aliphatic hydroxyl groups excluding tert-OH is 1. The fourth-order valence-electron chi connectivity index (χ4n) is 4.08. The van der Waals surface area contributed by atoms with Gasteiger partial charge in [-0.2, -0.15) is 0 Å². The smallest absolute Gasteiger partial charge is 0.300 e. The first kappa shape index (κ1) is 23.2. The van der Waals surface area contributed by atoms with Crippen LogP contribution in [-0.2, 0) is 15.0 Å². The highest BCUT2D eigenvalue weighted by Gasteiger charge is 2.48. The predicted molar refractivity (Wildman–Crippen MR) is 128 cm³/mol. The lowest BCUT2D eigenvalue weighted by Crippen LogP contribution is -2.29. The number of methoxy groups -OCH3 is 2. The number of ether oxygens (including phenoxy) is 2. The highest BCUT2D eigenvalue weighted by atomic mass is 16.5. The van der Waals surface area contributed by atoms with E-state index in [2.05, 4.69) is 0 Å². The molecule has 1 aliphatic heterocycles. The van der Waals surface area contributed by atoms with Crippen LogP contribution in [0.5, 0.6) is 11.5 Å². The minimum absolute atomic E-state index is 0.0767. The summed E-state index contributed by atoms with van der Waals surface area (Å²) in [5.74, 6) is -0.664. The molecule has 1 fully saturated rings. The normalized spacial score (nSPS) is 17.8. The third-order valence-electron chi connectivity index (χ3n) is 5.91. The van der Waals surface area contributed by atoms with Crippen molar-refractivity contribution < 1.29 is 28.6 Å². The predicted octanol–water partition coefficient (Wildman–Crippen LogP) is 5.22. The average Bonchev–Trinajstić information content (AvgIpc) is 3.44. The maximum atomic E-state index is 13.3. The van der Waals surface area contributed by atoms with Crippen LogP contribution in [0.4, 0.5) is 5.69 Å². The summed E-state index contributed by atoms with van der Waals surface area (Å²) in [4.78, 5) is 27.9. The molecule has 34 heavy (non-hydrogen) atoms. The molecule has 1 amide bonds. The first-order chi connectivity index (χ1) is 16.2. The van der Waals surface area contributed by atoms with Gasteiger partial charge in [-0.3, -0.25) is 14.5 Å². The SMILES string of the molecule is COc1cccc(N2C(=O)C(=O)/C(=C(/O)c3cc(C(C)(C)C)ccc3OC)C2c2ccco2)c1. The van der Waals surface area contributed by atoms with Gasteiger partial charge in [0.1, 0.15) is 29.1 Å². The zero-order valence-corrected chi connectivity index (χ0v) is 19.8. The molecule has 2 aromatic carbocycles. The zero-order chi connectivity index (χ0) is 24.6. The molecule has 4 rings (SSSR count). The molecule has 3 aromatic rings. The number of aliphatic hydroxyl groups is 1. The van der Waals surface area contributed by atoms with E-state index in [-0.39, 0.29) is 16.7 Å². The minimum atomic E-state index is -0.967. The Morgan fingerprint density at radius 2 is 1.76 bits per heavy atom. The number of hydrogen-bond donors (Lipinski definition) is 1. The lowest BCUT2D eigenvalue weighted by atomic mass is 9.85. The molecule has 0 bridgehead atoms. The Balaban J connectivity index is 1.96. The van der Waals surface area contributed by atoms with E-state index < -0.39 is 17.7 Å². The molecule has 1 atom stereocenters. The van der Waals surface area contributed by atoms with Crippen LogP contribution in [0.3, 0.4) is 0 Å². The third kappa shape index (κ3) is 3.94. The van der Waals surface area contributed by atoms with Crippen LogP contribution in [-0.4, -0.2) is 31.0 Å². The van der Waals surface area contributed by atoms with E-state index >= 15 is 0 Å². The second-order valence-electron chi connectivity index (χ2n) is 9.05. The second kappa shape index (κ2) is 8.74. The highest BCUT2D eigenvalue weighted by Crippen LogP contribution is 2.44. The van der Waals surface area contributed by atoms with Crippen LogP contribution in [0.1, 0.15) is 43.7 Å². The van der Waals surface area contributed by atoms with Crippen molar-refractivity contribution in [3.8, 4) is 11.5 Å². The summed E-state index contributed by atoms with van der Waals surface area (Å²) in [5, 5.41) is 11.5. The molecule has 1 N–H and O–H groups in total. The van der Waals surface area contributed by atoms with Gasteiger partial charge in [0.2, 0.25) is 0 Å². The van der Waals surface area contributed by atoms with E-state index in [1.807, 2.05) is 26.8 Å². The van der Waals surface area contributed by atoms with Crippen LogP contribution in [0.2, 0.25) is 0 Å². The summed E-state index contributed by atoms with van der Waals surface area (Å²) in [7, 11) is 3.01. The topological polar surface area (TPSA) is 89.2 Å². The quantitative estimate of drug-likeness (QED) is 0.318. The van der Waals surface area contributed by atoms with Crippen LogP contribution in [0.25, 0.3) is 5.76 Å². The number of nitrogens with zero attached hydrogens (tertiary/aromatic N) is 1. The van der Waals surface area contributed by atoms with E-state index in [0.29, 0.717) is 28.5 Å². The van der Waals surface area contributed by atoms with Crippen molar-refractivity contribution in [2.45, 2.75) is 32.2 Å². The standard InChI is InChI=1S/C27H27NO6/c1-27(2,3)16-11-12-20(33-5)19(14-16)24(29)22-23(21-10-7-13-34-21)28(26(31)25(22)30)17-8-6-9-18(15-17)32-4/h6-15,23,29H,1-5H3/b24-22+. The summed E-state index contributed by atoms with van der Waals surface area (Å²) in [5.41, 5.74) is 1.42. The Bertz CT molecular complexity index is 1270. The van der Waals surface area contributed by atoms with E-state index in [0.717, 1.165) is 5.56 Å². The van der Waals surface area contributed by atoms with E-state index in [1.54, 1.807) is 48.5 Å². The Morgan fingerprint density at radius 3 is 2.38 bits per heavy atom. The van der Waals surface area contributed by atoms with E-state index in [4.69, 9.17) is 13.9 Å². The molecule has 1 unspecified atom stereocenters. The van der Waals surface area contributed by atoms with Gasteiger partial charge >= 0.3 is 0 Å². The Morgan fingerprint density at radius 1 is 1.00 bits per heavy atom. The highest BCUT2D eigenvalue weighted by molar-refractivity contribution is 6.51. The van der Waals surface area contributed by atoms with Gasteiger partial charge in [-0.15, -0.1) is 0 Å². The van der Waals surface area contributed by atoms with E-state index in [1.165, 1.54) is 25.4 Å². The number of hydrogen-bond acceptors (Lipinski definition) is 6. The average molecular weight is 462 g/mol. The van der Waals surface area contributed by atoms with Gasteiger partial charge in [-0.1, -0.05) is 32.9 Å². The molecule has 0 radical (unpaired) electrons. The van der Waals surface area contributed by atoms with Crippen molar-refractivity contribution in [1.29, 1.82) is 0 Å². The van der Waals surface area contributed by atoms with Crippen LogP contribution < -0.4 is 14.4 Å². The third-order valence-corrected chi connectivity index (χ3v) is 5.91. The zero-order valence-electron chi connectivity index (χ0n) is 19.8. The van der Waals surface area contributed by atoms with Crippen molar-refractivity contribution in [3.63, 3.8) is 0 Å². The lowest BCUT2D eigenvalue weighted by Gasteiger charge is -2.24. The number of benzene rings is 2. The van der Waals surface area contributed by atoms with Crippen LogP contribution >= 0.6 is 0 Å². The number of amides is 1. The van der Waals surface area contributed by atoms with Gasteiger partial charge < -0.3 is 19.0 Å². The maximum absolute atomic E-state index is 13.3. The van der Waals surface area contributed by atoms with Gasteiger partial charge in [0, 0.05) is 11.8 Å². The summed E-state index contributed by atoms with van der Waals surface area (Å²) in [6.45, 7) is 6.13. The second-order valence-corrected chi connectivity index (χ2v) is 9.05. The molecule has 0 saturated carbocycles. The van der Waals surface area contributed by atoms with Crippen LogP contribution in [0.15, 0.2) is 70.9 Å². The number of ketones is 1. The molecule has 2 heterocycles. The van der Waals surface area contributed by atoms with Gasteiger partial charge in [0.15, 0.2) is 0 Å². The first-order valence-electron chi connectivity index (χ1n) is 10.8. The number of carbonyl (C=O) groups is 2. The Labute approximate surface area is 198 Å². The fourth-order valence-corrected chi connectivity index (χ4v) is 4.08. The van der Waals surface area contributed by atoms with Crippen LogP contribution in [0, 0.1) is 0 Å². The molecule has 7 heteroatoms. The monoisotopic (exact) mass is 461 g/mol. The molecule has 7 nitrogen and oxygen atoms in total. The summed E-state index contributed by atoms with van der Waals surface area (Å²) >= 11 is 0. The number of rotatable bonds is 5. The molecule has 0 aliphatic carbocycles. The van der Waals surface area contributed by atoms with Gasteiger partial charge in [-0.25, -0.2) is 0 Å². The summed E-state index contributed by atoms with van der Waals surface area (Å²) in [6, 6.07) is 14.6. The van der Waals surface area contributed by atoms with Gasteiger partial charge in [-0.05, 0) is 47.4 Å². The Hall–Kier alpha value is -4.00. The van der Waals surface area contributed by atoms with Crippen molar-refractivity contribution in [1.82, 2.24) is 0 Å². The van der Waals surface area contributed by atoms with Crippen molar-refractivity contribution in [2.24, 2.45) is 0 Å². The minimum Gasteiger partial charge on any atom is -0.507 e. The molecular formula is C27H27NO6. The van der Waals surface area contributed by atoms with Gasteiger partial charge in [0.25, 0.3) is 11.7 Å². The number of furan rings is 1. The van der Waals surface area contributed by atoms with Crippen molar-refractivity contribution >= 4 is 23.1 Å². The first-order valence-corrected chi connectivity index (χ1v) is 10.8. The molecule has 176 valence electrons. The lowest BCUT2D eigenvalue weighted by molar-refractivity contribution is -0.132. The molecular weight excluding hydrogens is 434 g/mol. The van der Waals surface area contributed by atoms with E-state index in [9.17, 15) is 14.7 Å². The van der Waals surface area contributed by atoms with Gasteiger partial charge in [0.05, 0.1) is 31.6 Å². The van der Waals surface area contributed by atoms with Crippen molar-refractivity contribution in [3.05, 3.63) is 83.3 Å². The van der Waals surface area contributed by atoms with Crippen molar-refractivity contribution in [2.75, 3.05) is 19.1 Å². The molecule has 1 saturated heterocycles. The molecule has 1 aromatic heterocycles. The largest absolute Gasteiger partial charge is 0.507 e. The number of anilines is 1. The number of Topliss-reactive ketones (excluding diaryl/α,β-unsaturated/α-hetero) is 1. The Kier molecular flexibility index (Phi) is 5.96. The summed E-state index contributed by atoms with van der Waals surface area (Å²) < 4.78 is 16.4. The number of carbonyl (C=O) groups excluding carboxylic acids is 2. The molecule has 0 spiro atoms. The summed E-state index contributed by atoms with van der Waals surface area (Å²) in [6.07, 6.45) is 1.46. The fraction of sp³-hybridized carbons (Fsp3) is 0.259. The maximum Gasteiger partial charge on any atom is 0.300 e. The molecule has 1 aliphatic rings.